The van der Waals surface area contributed by atoms with Gasteiger partial charge in [-0.25, -0.2) is 9.59 Å². The smallest absolute Gasteiger partial charge is 0.349 e. The van der Waals surface area contributed by atoms with Gasteiger partial charge in [0, 0.05) is 11.7 Å². The van der Waals surface area contributed by atoms with Gasteiger partial charge in [-0.3, -0.25) is 4.79 Å². The third-order valence-corrected chi connectivity index (χ3v) is 8.56. The Hall–Kier alpha value is -2.82. The average molecular weight is 550 g/mol. The molecule has 2 aliphatic rings. The Balaban J connectivity index is 1.58. The number of ether oxygens (including phenoxy) is 1. The van der Waals surface area contributed by atoms with E-state index in [9.17, 15) is 19.5 Å². The molecule has 11 heteroatoms. The predicted molar refractivity (Wildman–Crippen MR) is 143 cm³/mol. The molecule has 2 aromatic rings. The van der Waals surface area contributed by atoms with Crippen LogP contribution in [-0.4, -0.2) is 59.8 Å². The Morgan fingerprint density at radius 2 is 1.84 bits per heavy atom. The number of hydrogen-bond donors (Lipinski definition) is 5. The molecule has 1 saturated carbocycles. The molecule has 0 bridgehead atoms. The lowest BCUT2D eigenvalue weighted by Crippen LogP contribution is -2.50. The van der Waals surface area contributed by atoms with Crippen LogP contribution in [0.2, 0.25) is 5.02 Å². The molecule has 0 spiro atoms. The number of carboxylic acids is 2. The molecule has 1 saturated heterocycles. The minimum atomic E-state index is -1.25. The minimum absolute atomic E-state index is 0.0101. The number of hydrogen-bond acceptors (Lipinski definition) is 7. The summed E-state index contributed by atoms with van der Waals surface area (Å²) in [4.78, 5) is 36.4. The van der Waals surface area contributed by atoms with Crippen molar-refractivity contribution in [3.63, 3.8) is 0 Å². The first-order chi connectivity index (χ1) is 17.8. The summed E-state index contributed by atoms with van der Waals surface area (Å²) in [6.07, 6.45) is 7.28. The standard InChI is InChI=1S/C26H32ClN3O6S/c27-20-22(36-14-19(31)32)24(26(34)35)37-23(20)16-5-4-8-18(13-16)29-21(15-9-11-28-12-10-15)25(33)30-17-6-2-1-3-7-17/h4-5,8,13,15,17,21,28-29H,1-3,6-7,9-12,14H2,(H,30,33)(H,31,32)(H,34,35). The SMILES string of the molecule is O=C(O)COc1c(C(=O)O)sc(-c2cccc(NC(C(=O)NC3CCCCC3)C3CCNCC3)c2)c1Cl. The number of aliphatic carboxylic acids is 1. The predicted octanol–water partition coefficient (Wildman–Crippen LogP) is 4.46. The molecule has 1 aromatic heterocycles. The largest absolute Gasteiger partial charge is 0.479 e. The molecule has 9 nitrogen and oxygen atoms in total. The number of carbonyl (C=O) groups is 3. The molecule has 1 unspecified atom stereocenters. The van der Waals surface area contributed by atoms with E-state index in [-0.39, 0.29) is 33.5 Å². The molecule has 200 valence electrons. The highest BCUT2D eigenvalue weighted by atomic mass is 35.5. The fourth-order valence-corrected chi connectivity index (χ4v) is 6.43. The van der Waals surface area contributed by atoms with Crippen molar-refractivity contribution in [2.24, 2.45) is 5.92 Å². The van der Waals surface area contributed by atoms with Crippen molar-refractivity contribution in [1.82, 2.24) is 10.6 Å². The number of nitrogens with one attached hydrogen (secondary N) is 3. The third kappa shape index (κ3) is 6.94. The second-order valence-electron chi connectivity index (χ2n) is 9.52. The molecule has 2 fully saturated rings. The molecule has 1 aliphatic carbocycles. The van der Waals surface area contributed by atoms with Crippen molar-refractivity contribution < 1.29 is 29.3 Å². The lowest BCUT2D eigenvalue weighted by atomic mass is 9.88. The number of aromatic carboxylic acids is 1. The van der Waals surface area contributed by atoms with Crippen LogP contribution < -0.4 is 20.7 Å². The van der Waals surface area contributed by atoms with Crippen LogP contribution in [0.1, 0.15) is 54.6 Å². The first-order valence-corrected chi connectivity index (χ1v) is 13.8. The number of anilines is 1. The van der Waals surface area contributed by atoms with Crippen molar-refractivity contribution in [2.45, 2.75) is 57.0 Å². The molecule has 2 heterocycles. The van der Waals surface area contributed by atoms with E-state index in [1.165, 1.54) is 6.42 Å². The summed E-state index contributed by atoms with van der Waals surface area (Å²) in [6, 6.07) is 7.10. The van der Waals surface area contributed by atoms with Gasteiger partial charge in [0.25, 0.3) is 0 Å². The van der Waals surface area contributed by atoms with Crippen molar-refractivity contribution in [1.29, 1.82) is 0 Å². The number of carbonyl (C=O) groups excluding carboxylic acids is 1. The third-order valence-electron chi connectivity index (χ3n) is 6.88. The summed E-state index contributed by atoms with van der Waals surface area (Å²) in [6.45, 7) is 1.02. The topological polar surface area (TPSA) is 137 Å². The second-order valence-corrected chi connectivity index (χ2v) is 10.9. The zero-order valence-corrected chi connectivity index (χ0v) is 22.0. The molecule has 1 atom stereocenters. The van der Waals surface area contributed by atoms with Crippen LogP contribution in [0.4, 0.5) is 5.69 Å². The molecular weight excluding hydrogens is 518 g/mol. The van der Waals surface area contributed by atoms with Gasteiger partial charge in [-0.1, -0.05) is 43.0 Å². The van der Waals surface area contributed by atoms with Gasteiger partial charge in [0.1, 0.15) is 11.1 Å². The Labute approximate surface area is 224 Å². The Morgan fingerprint density at radius 3 is 2.51 bits per heavy atom. The van der Waals surface area contributed by atoms with Gasteiger partial charge >= 0.3 is 11.9 Å². The summed E-state index contributed by atoms with van der Waals surface area (Å²) in [5.74, 6) is -2.46. The summed E-state index contributed by atoms with van der Waals surface area (Å²) in [7, 11) is 0. The Kier molecular flexibility index (Phi) is 9.28. The maximum Gasteiger partial charge on any atom is 0.349 e. The zero-order chi connectivity index (χ0) is 26.4. The van der Waals surface area contributed by atoms with E-state index in [2.05, 4.69) is 16.0 Å². The van der Waals surface area contributed by atoms with Crippen LogP contribution in [0.5, 0.6) is 5.75 Å². The highest BCUT2D eigenvalue weighted by Crippen LogP contribution is 2.46. The first-order valence-electron chi connectivity index (χ1n) is 12.6. The highest BCUT2D eigenvalue weighted by molar-refractivity contribution is 7.18. The number of thiophene rings is 1. The molecule has 5 N–H and O–H groups in total. The van der Waals surface area contributed by atoms with Crippen LogP contribution in [0.15, 0.2) is 24.3 Å². The molecule has 1 aliphatic heterocycles. The van der Waals surface area contributed by atoms with Gasteiger partial charge in [0.05, 0.1) is 4.88 Å². The van der Waals surface area contributed by atoms with Crippen molar-refractivity contribution >= 4 is 46.5 Å². The minimum Gasteiger partial charge on any atom is -0.479 e. The van der Waals surface area contributed by atoms with Crippen molar-refractivity contribution in [3.8, 4) is 16.2 Å². The molecule has 4 rings (SSSR count). The maximum absolute atomic E-state index is 13.4. The number of piperidine rings is 1. The average Bonchev–Trinajstić information content (AvgIpc) is 3.23. The highest BCUT2D eigenvalue weighted by Gasteiger charge is 2.31. The Bertz CT molecular complexity index is 1130. The number of halogens is 1. The van der Waals surface area contributed by atoms with Gasteiger partial charge in [-0.15, -0.1) is 11.3 Å². The van der Waals surface area contributed by atoms with Crippen molar-refractivity contribution in [3.05, 3.63) is 34.2 Å². The second kappa shape index (κ2) is 12.6. The van der Waals surface area contributed by atoms with Crippen molar-refractivity contribution in [2.75, 3.05) is 25.0 Å². The first kappa shape index (κ1) is 27.2. The van der Waals surface area contributed by atoms with Gasteiger partial charge in [0.2, 0.25) is 5.91 Å². The lowest BCUT2D eigenvalue weighted by Gasteiger charge is -2.33. The molecule has 1 aromatic carbocycles. The normalized spacial score (nSPS) is 17.6. The quantitative estimate of drug-likeness (QED) is 0.293. The summed E-state index contributed by atoms with van der Waals surface area (Å²) >= 11 is 7.39. The zero-order valence-electron chi connectivity index (χ0n) is 20.4. The fourth-order valence-electron chi connectivity index (χ4n) is 5.03. The van der Waals surface area contributed by atoms with E-state index in [1.807, 2.05) is 18.2 Å². The Morgan fingerprint density at radius 1 is 1.11 bits per heavy atom. The maximum atomic E-state index is 13.4. The summed E-state index contributed by atoms with van der Waals surface area (Å²) < 4.78 is 5.19. The van der Waals surface area contributed by atoms with E-state index >= 15 is 0 Å². The van der Waals surface area contributed by atoms with Crippen LogP contribution in [0, 0.1) is 5.92 Å². The van der Waals surface area contributed by atoms with E-state index in [0.717, 1.165) is 63.0 Å². The molecule has 37 heavy (non-hydrogen) atoms. The number of amides is 1. The summed E-state index contributed by atoms with van der Waals surface area (Å²) in [5, 5.41) is 28.6. The van der Waals surface area contributed by atoms with E-state index in [1.54, 1.807) is 6.07 Å². The van der Waals surface area contributed by atoms with Gasteiger partial charge in [0.15, 0.2) is 17.2 Å². The lowest BCUT2D eigenvalue weighted by molar-refractivity contribution is -0.139. The number of carboxylic acid groups (broad SMARTS) is 2. The fraction of sp³-hybridized carbons (Fsp3) is 0.500. The molecular formula is C26H32ClN3O6S. The summed E-state index contributed by atoms with van der Waals surface area (Å²) in [5.41, 5.74) is 1.36. The van der Waals surface area contributed by atoms with Crippen LogP contribution >= 0.6 is 22.9 Å². The van der Waals surface area contributed by atoms with E-state index in [0.29, 0.717) is 16.1 Å². The van der Waals surface area contributed by atoms with Gasteiger partial charge in [-0.05, 0) is 62.4 Å². The van der Waals surface area contributed by atoms with E-state index in [4.69, 9.17) is 21.4 Å². The van der Waals surface area contributed by atoms with E-state index < -0.39 is 24.6 Å². The van der Waals surface area contributed by atoms with Crippen LogP contribution in [-0.2, 0) is 9.59 Å². The van der Waals surface area contributed by atoms with Crippen LogP contribution in [0.25, 0.3) is 10.4 Å². The van der Waals surface area contributed by atoms with Gasteiger partial charge < -0.3 is 30.9 Å². The number of benzene rings is 1. The van der Waals surface area contributed by atoms with Crippen LogP contribution in [0.3, 0.4) is 0 Å². The monoisotopic (exact) mass is 549 g/mol. The molecule has 0 radical (unpaired) electrons. The molecule has 1 amide bonds. The number of rotatable bonds is 10. The van der Waals surface area contributed by atoms with Gasteiger partial charge in [-0.2, -0.15) is 0 Å².